The fourth-order valence-corrected chi connectivity index (χ4v) is 4.87. The Kier molecular flexibility index (Phi) is 6.25. The summed E-state index contributed by atoms with van der Waals surface area (Å²) in [6.45, 7) is 4.98. The number of nitrogens with zero attached hydrogens (tertiary/aromatic N) is 5. The van der Waals surface area contributed by atoms with Crippen LogP contribution in [0.25, 0.3) is 11.4 Å². The Bertz CT molecular complexity index is 1390. The molecule has 1 atom stereocenters. The lowest BCUT2D eigenvalue weighted by molar-refractivity contribution is -0.384. The predicted octanol–water partition coefficient (Wildman–Crippen LogP) is 2.30. The first-order valence-corrected chi connectivity index (χ1v) is 11.6. The standard InChI is InChI=1S/C25H25N5O6/c1-16-21(28-8-3-2-7-19(28)26-16)23(31)20-22(17-5-4-6-18(15-17)30(34)35)29(25(33)24(20)32)10-9-27-11-13-36-14-12-27/h2-8,15,22,31H,9-14H2,1H3/t22-/m1/s1. The quantitative estimate of drug-likeness (QED) is 0.183. The van der Waals surface area contributed by atoms with Gasteiger partial charge in [0.2, 0.25) is 0 Å². The van der Waals surface area contributed by atoms with E-state index in [1.807, 2.05) is 0 Å². The Morgan fingerprint density at radius 3 is 2.69 bits per heavy atom. The number of aliphatic hydroxyl groups is 1. The third-order valence-electron chi connectivity index (χ3n) is 6.63. The first-order valence-electron chi connectivity index (χ1n) is 11.6. The van der Waals surface area contributed by atoms with Crippen LogP contribution in [-0.4, -0.2) is 80.3 Å². The van der Waals surface area contributed by atoms with Gasteiger partial charge < -0.3 is 14.7 Å². The number of non-ortho nitro benzene ring substituents is 1. The van der Waals surface area contributed by atoms with Crippen molar-refractivity contribution < 1.29 is 24.4 Å². The van der Waals surface area contributed by atoms with Crippen molar-refractivity contribution in [3.05, 3.63) is 81.3 Å². The molecule has 11 heteroatoms. The molecule has 2 aliphatic heterocycles. The van der Waals surface area contributed by atoms with E-state index in [-0.39, 0.29) is 23.6 Å². The molecule has 11 nitrogen and oxygen atoms in total. The number of likely N-dealkylation sites (tertiary alicyclic amines) is 1. The van der Waals surface area contributed by atoms with E-state index in [1.54, 1.807) is 41.8 Å². The average Bonchev–Trinajstić information content (AvgIpc) is 3.35. The highest BCUT2D eigenvalue weighted by Crippen LogP contribution is 2.40. The van der Waals surface area contributed by atoms with Crippen LogP contribution >= 0.6 is 0 Å². The number of benzene rings is 1. The van der Waals surface area contributed by atoms with Gasteiger partial charge in [0.05, 0.1) is 35.4 Å². The zero-order valence-corrected chi connectivity index (χ0v) is 19.7. The highest BCUT2D eigenvalue weighted by molar-refractivity contribution is 6.46. The molecule has 1 aromatic carbocycles. The molecule has 0 radical (unpaired) electrons. The van der Waals surface area contributed by atoms with E-state index in [0.717, 1.165) is 0 Å². The minimum absolute atomic E-state index is 0.115. The maximum atomic E-state index is 13.3. The molecule has 0 aliphatic carbocycles. The number of hydrogen-bond acceptors (Lipinski definition) is 8. The molecule has 0 spiro atoms. The smallest absolute Gasteiger partial charge is 0.295 e. The number of imidazole rings is 1. The summed E-state index contributed by atoms with van der Waals surface area (Å²) in [5.74, 6) is -1.96. The van der Waals surface area contributed by atoms with Crippen molar-refractivity contribution in [2.45, 2.75) is 13.0 Å². The third-order valence-corrected chi connectivity index (χ3v) is 6.63. The molecule has 1 amide bonds. The summed E-state index contributed by atoms with van der Waals surface area (Å²) in [6, 6.07) is 10.2. The Morgan fingerprint density at radius 1 is 1.17 bits per heavy atom. The van der Waals surface area contributed by atoms with Crippen LogP contribution in [0.5, 0.6) is 0 Å². The number of aromatic nitrogens is 2. The molecule has 0 bridgehead atoms. The summed E-state index contributed by atoms with van der Waals surface area (Å²) < 4.78 is 7.03. The number of carbonyl (C=O) groups is 2. The minimum Gasteiger partial charge on any atom is -0.505 e. The van der Waals surface area contributed by atoms with Crippen molar-refractivity contribution in [1.82, 2.24) is 19.2 Å². The van der Waals surface area contributed by atoms with Gasteiger partial charge in [-0.25, -0.2) is 4.98 Å². The zero-order chi connectivity index (χ0) is 25.4. The number of carbonyl (C=O) groups excluding carboxylic acids is 2. The molecule has 36 heavy (non-hydrogen) atoms. The fourth-order valence-electron chi connectivity index (χ4n) is 4.87. The molecule has 4 heterocycles. The van der Waals surface area contributed by atoms with Gasteiger partial charge in [-0.15, -0.1) is 0 Å². The maximum Gasteiger partial charge on any atom is 0.295 e. The van der Waals surface area contributed by atoms with E-state index in [9.17, 15) is 24.8 Å². The zero-order valence-electron chi connectivity index (χ0n) is 19.7. The van der Waals surface area contributed by atoms with Gasteiger partial charge in [0.1, 0.15) is 11.3 Å². The number of Topliss-reactive ketones (excluding diaryl/α,β-unsaturated/α-hetero) is 1. The van der Waals surface area contributed by atoms with Crippen LogP contribution in [0, 0.1) is 17.0 Å². The molecule has 186 valence electrons. The largest absolute Gasteiger partial charge is 0.505 e. The van der Waals surface area contributed by atoms with E-state index in [0.29, 0.717) is 55.4 Å². The van der Waals surface area contributed by atoms with Gasteiger partial charge in [-0.3, -0.25) is 29.0 Å². The van der Waals surface area contributed by atoms with Gasteiger partial charge in [0.25, 0.3) is 17.4 Å². The minimum atomic E-state index is -0.986. The Labute approximate surface area is 206 Å². The van der Waals surface area contributed by atoms with Gasteiger partial charge in [0.15, 0.2) is 5.76 Å². The normalized spacial score (nSPS) is 20.4. The average molecular weight is 492 g/mol. The number of morpholine rings is 1. The van der Waals surface area contributed by atoms with Crippen molar-refractivity contribution in [3.8, 4) is 0 Å². The number of aliphatic hydroxyl groups excluding tert-OH is 1. The summed E-state index contributed by atoms with van der Waals surface area (Å²) in [4.78, 5) is 45.5. The molecule has 0 saturated carbocycles. The Morgan fingerprint density at radius 2 is 1.94 bits per heavy atom. The lowest BCUT2D eigenvalue weighted by atomic mass is 9.96. The Balaban J connectivity index is 1.63. The van der Waals surface area contributed by atoms with Gasteiger partial charge in [-0.2, -0.15) is 0 Å². The second-order valence-corrected chi connectivity index (χ2v) is 8.77. The van der Waals surface area contributed by atoms with Gasteiger partial charge in [-0.05, 0) is 24.6 Å². The van der Waals surface area contributed by atoms with E-state index in [1.165, 1.54) is 23.1 Å². The van der Waals surface area contributed by atoms with Crippen molar-refractivity contribution in [1.29, 1.82) is 0 Å². The second kappa shape index (κ2) is 9.51. The van der Waals surface area contributed by atoms with Crippen molar-refractivity contribution in [2.75, 3.05) is 39.4 Å². The van der Waals surface area contributed by atoms with Gasteiger partial charge >= 0.3 is 0 Å². The van der Waals surface area contributed by atoms with E-state index >= 15 is 0 Å². The van der Waals surface area contributed by atoms with Crippen LogP contribution in [0.3, 0.4) is 0 Å². The van der Waals surface area contributed by atoms with E-state index < -0.39 is 22.7 Å². The molecular weight excluding hydrogens is 466 g/mol. The Hall–Kier alpha value is -4.09. The van der Waals surface area contributed by atoms with Crippen molar-refractivity contribution in [2.24, 2.45) is 0 Å². The number of amides is 1. The number of ketones is 1. The number of fused-ring (bicyclic) bond motifs is 1. The molecule has 2 aromatic heterocycles. The van der Waals surface area contributed by atoms with Gasteiger partial charge in [0, 0.05) is 44.5 Å². The fraction of sp³-hybridized carbons (Fsp3) is 0.320. The lowest BCUT2D eigenvalue weighted by Crippen LogP contribution is -2.42. The van der Waals surface area contributed by atoms with E-state index in [2.05, 4.69) is 9.88 Å². The molecule has 5 rings (SSSR count). The first-order chi connectivity index (χ1) is 17.4. The summed E-state index contributed by atoms with van der Waals surface area (Å²) >= 11 is 0. The molecule has 2 fully saturated rings. The monoisotopic (exact) mass is 491 g/mol. The number of pyridine rings is 1. The topological polar surface area (TPSA) is 131 Å². The number of rotatable bonds is 6. The number of ether oxygens (including phenoxy) is 1. The van der Waals surface area contributed by atoms with Crippen LogP contribution in [0.2, 0.25) is 0 Å². The summed E-state index contributed by atoms with van der Waals surface area (Å²) in [7, 11) is 0. The molecule has 1 N–H and O–H groups in total. The number of nitro groups is 1. The van der Waals surface area contributed by atoms with Gasteiger partial charge in [-0.1, -0.05) is 18.2 Å². The second-order valence-electron chi connectivity index (χ2n) is 8.77. The highest BCUT2D eigenvalue weighted by atomic mass is 16.6. The number of aryl methyl sites for hydroxylation is 1. The molecular formula is C25H25N5O6. The third kappa shape index (κ3) is 4.12. The highest BCUT2D eigenvalue weighted by Gasteiger charge is 2.46. The van der Waals surface area contributed by atoms with E-state index in [4.69, 9.17) is 4.74 Å². The number of nitro benzene ring substituents is 1. The molecule has 2 aliphatic rings. The summed E-state index contributed by atoms with van der Waals surface area (Å²) in [5, 5.41) is 22.9. The SMILES string of the molecule is Cc1nc2ccccn2c1C(O)=C1C(=O)C(=O)N(CCN2CCOCC2)[C@@H]1c1cccc([N+](=O)[O-])c1. The van der Waals surface area contributed by atoms with Crippen LogP contribution in [0.4, 0.5) is 5.69 Å². The number of hydrogen-bond donors (Lipinski definition) is 1. The lowest BCUT2D eigenvalue weighted by Gasteiger charge is -2.31. The van der Waals surface area contributed by atoms with Crippen LogP contribution < -0.4 is 0 Å². The first kappa shape index (κ1) is 23.6. The van der Waals surface area contributed by atoms with Crippen LogP contribution in [-0.2, 0) is 14.3 Å². The summed E-state index contributed by atoms with van der Waals surface area (Å²) in [5.41, 5.74) is 1.44. The van der Waals surface area contributed by atoms with Crippen molar-refractivity contribution in [3.63, 3.8) is 0 Å². The maximum absolute atomic E-state index is 13.3. The molecule has 2 saturated heterocycles. The predicted molar refractivity (Wildman–Crippen MR) is 129 cm³/mol. The van der Waals surface area contributed by atoms with Crippen molar-refractivity contribution >= 4 is 28.8 Å². The van der Waals surface area contributed by atoms with Crippen LogP contribution in [0.1, 0.15) is 23.0 Å². The molecule has 0 unspecified atom stereocenters. The summed E-state index contributed by atoms with van der Waals surface area (Å²) in [6.07, 6.45) is 1.71. The molecule has 3 aromatic rings. The van der Waals surface area contributed by atoms with Crippen LogP contribution in [0.15, 0.2) is 54.2 Å².